The first-order valence-electron chi connectivity index (χ1n) is 2.36. The van der Waals surface area contributed by atoms with Crippen LogP contribution < -0.4 is 0 Å². The van der Waals surface area contributed by atoms with Gasteiger partial charge in [-0.25, -0.2) is 0 Å². The molecule has 3 heteroatoms. The molecule has 0 atom stereocenters. The Morgan fingerprint density at radius 3 is 1.29 bits per heavy atom. The summed E-state index contributed by atoms with van der Waals surface area (Å²) in [5.41, 5.74) is 0. The van der Waals surface area contributed by atoms with Crippen LogP contribution in [0.25, 0.3) is 0 Å². The molecule has 0 spiro atoms. The Morgan fingerprint density at radius 2 is 1.29 bits per heavy atom. The van der Waals surface area contributed by atoms with E-state index in [1.165, 1.54) is 12.8 Å². The largest absolute Gasteiger partial charge is 0.352 e. The molecule has 0 aromatic heterocycles. The maximum absolute atomic E-state index is 7.15. The van der Waals surface area contributed by atoms with Crippen LogP contribution in [-0.4, -0.2) is 9.79 Å². The lowest BCUT2D eigenvalue weighted by Crippen LogP contribution is -1.47. The molecule has 2 nitrogen and oxygen atoms in total. The van der Waals surface area contributed by atoms with Gasteiger partial charge in [0.2, 0.25) is 0 Å². The van der Waals surface area contributed by atoms with Crippen molar-refractivity contribution in [2.75, 3.05) is 0 Å². The minimum absolute atomic E-state index is 0.917. The van der Waals surface area contributed by atoms with Crippen molar-refractivity contribution in [1.29, 1.82) is 0 Å². The summed E-state index contributed by atoms with van der Waals surface area (Å²) in [6, 6.07) is 0. The third-order valence-electron chi connectivity index (χ3n) is 0.500. The molecule has 0 aliphatic carbocycles. The van der Waals surface area contributed by atoms with Crippen LogP contribution in [0.1, 0.15) is 26.7 Å². The van der Waals surface area contributed by atoms with E-state index in [-0.39, 0.29) is 0 Å². The molecule has 0 aliphatic rings. The number of rotatable bonds is 1. The van der Waals surface area contributed by atoms with Gasteiger partial charge in [-0.1, -0.05) is 26.7 Å². The third kappa shape index (κ3) is 65.9. The molecule has 0 radical (unpaired) electrons. The molecule has 0 heterocycles. The van der Waals surface area contributed by atoms with Gasteiger partial charge >= 0.3 is 0 Å². The Morgan fingerprint density at radius 1 is 1.14 bits per heavy atom. The van der Waals surface area contributed by atoms with Gasteiger partial charge in [0.1, 0.15) is 9.03 Å². The quantitative estimate of drug-likeness (QED) is 0.517. The fourth-order valence-corrected chi connectivity index (χ4v) is 0. The van der Waals surface area contributed by atoms with Gasteiger partial charge in [-0.2, -0.15) is 0 Å². The molecule has 0 fully saturated rings. The summed E-state index contributed by atoms with van der Waals surface area (Å²) in [5.74, 6) is 0. The number of hydrogen-bond acceptors (Lipinski definition) is 2. The van der Waals surface area contributed by atoms with Crippen molar-refractivity contribution in [2.24, 2.45) is 0 Å². The lowest BCUT2D eigenvalue weighted by Gasteiger charge is -1.68. The van der Waals surface area contributed by atoms with Crippen LogP contribution in [0.4, 0.5) is 0 Å². The molecular formula is C4H13O2P. The van der Waals surface area contributed by atoms with Crippen molar-refractivity contribution in [3.8, 4) is 0 Å². The first-order chi connectivity index (χ1) is 3.33. The standard InChI is InChI=1S/C4H10.H3O2P/c1-3-4-2;1-3-2/h3-4H2,1-2H3;1-3H. The van der Waals surface area contributed by atoms with Gasteiger partial charge in [0, 0.05) is 0 Å². The topological polar surface area (TPSA) is 40.5 Å². The Hall–Kier alpha value is 0.350. The fourth-order valence-electron chi connectivity index (χ4n) is 0. The molecule has 46 valence electrons. The van der Waals surface area contributed by atoms with E-state index < -0.39 is 9.03 Å². The summed E-state index contributed by atoms with van der Waals surface area (Å²) in [5, 5.41) is 0. The zero-order valence-electron chi connectivity index (χ0n) is 4.81. The number of hydrogen-bond donors (Lipinski definition) is 2. The zero-order valence-corrected chi connectivity index (χ0v) is 5.81. The summed E-state index contributed by atoms with van der Waals surface area (Å²) in [7, 11) is -0.917. The van der Waals surface area contributed by atoms with E-state index in [4.69, 9.17) is 9.79 Å². The van der Waals surface area contributed by atoms with Crippen LogP contribution in [0.5, 0.6) is 0 Å². The van der Waals surface area contributed by atoms with Gasteiger partial charge < -0.3 is 9.79 Å². The molecule has 0 saturated carbocycles. The SMILES string of the molecule is CCCC.OPO. The average Bonchev–Trinajstić information content (AvgIpc) is 1.69. The number of unbranched alkanes of at least 4 members (excludes halogenated alkanes) is 1. The minimum Gasteiger partial charge on any atom is -0.352 e. The first-order valence-corrected chi connectivity index (χ1v) is 3.26. The Kier molecular flexibility index (Phi) is 24.0. The van der Waals surface area contributed by atoms with Crippen molar-refractivity contribution in [2.45, 2.75) is 26.7 Å². The van der Waals surface area contributed by atoms with E-state index in [1.807, 2.05) is 0 Å². The zero-order chi connectivity index (χ0) is 6.12. The summed E-state index contributed by atoms with van der Waals surface area (Å²) < 4.78 is 0. The minimum atomic E-state index is -0.917. The van der Waals surface area contributed by atoms with Crippen LogP contribution in [0, 0.1) is 0 Å². The Balaban J connectivity index is 0. The van der Waals surface area contributed by atoms with E-state index in [9.17, 15) is 0 Å². The summed E-state index contributed by atoms with van der Waals surface area (Å²) in [6.07, 6.45) is 2.64. The van der Waals surface area contributed by atoms with Gasteiger partial charge in [-0.05, 0) is 0 Å². The first kappa shape index (κ1) is 10.4. The molecule has 0 aromatic carbocycles. The monoisotopic (exact) mass is 124 g/mol. The maximum atomic E-state index is 7.15. The van der Waals surface area contributed by atoms with E-state index in [1.54, 1.807) is 0 Å². The average molecular weight is 124 g/mol. The molecule has 0 rings (SSSR count). The molecule has 0 saturated heterocycles. The maximum Gasteiger partial charge on any atom is 0.149 e. The highest BCUT2D eigenvalue weighted by Gasteiger charge is 1.56. The van der Waals surface area contributed by atoms with Gasteiger partial charge in [-0.15, -0.1) is 0 Å². The highest BCUT2D eigenvalue weighted by Crippen LogP contribution is 1.81. The second-order valence-electron chi connectivity index (χ2n) is 1.10. The second-order valence-corrected chi connectivity index (χ2v) is 1.30. The smallest absolute Gasteiger partial charge is 0.149 e. The molecule has 2 N–H and O–H groups in total. The van der Waals surface area contributed by atoms with Crippen LogP contribution in [-0.2, 0) is 0 Å². The van der Waals surface area contributed by atoms with Crippen molar-refractivity contribution in [1.82, 2.24) is 0 Å². The third-order valence-corrected chi connectivity index (χ3v) is 0.500. The molecule has 0 amide bonds. The predicted octanol–water partition coefficient (Wildman–Crippen LogP) is 1.29. The molecule has 7 heavy (non-hydrogen) atoms. The van der Waals surface area contributed by atoms with Gasteiger partial charge in [0.15, 0.2) is 0 Å². The fraction of sp³-hybridized carbons (Fsp3) is 1.00. The molecule has 0 aromatic rings. The highest BCUT2D eigenvalue weighted by atomic mass is 31.1. The van der Waals surface area contributed by atoms with Crippen molar-refractivity contribution in [3.63, 3.8) is 0 Å². The highest BCUT2D eigenvalue weighted by molar-refractivity contribution is 7.23. The normalized spacial score (nSPS) is 6.86. The lowest BCUT2D eigenvalue weighted by atomic mass is 10.4. The molecular weight excluding hydrogens is 111 g/mol. The van der Waals surface area contributed by atoms with E-state index >= 15 is 0 Å². The predicted molar refractivity (Wildman–Crippen MR) is 33.3 cm³/mol. The molecule has 0 bridgehead atoms. The van der Waals surface area contributed by atoms with E-state index in [2.05, 4.69) is 13.8 Å². The van der Waals surface area contributed by atoms with Gasteiger partial charge in [-0.3, -0.25) is 0 Å². The lowest BCUT2D eigenvalue weighted by molar-refractivity contribution is 0.513. The summed E-state index contributed by atoms with van der Waals surface area (Å²) in [4.78, 5) is 14.3. The molecule has 0 unspecified atom stereocenters. The van der Waals surface area contributed by atoms with Crippen LogP contribution in [0.3, 0.4) is 0 Å². The molecule has 0 aliphatic heterocycles. The van der Waals surface area contributed by atoms with Gasteiger partial charge in [0.05, 0.1) is 0 Å². The van der Waals surface area contributed by atoms with Crippen LogP contribution >= 0.6 is 9.03 Å². The van der Waals surface area contributed by atoms with Crippen molar-refractivity contribution >= 4 is 9.03 Å². The van der Waals surface area contributed by atoms with Crippen molar-refractivity contribution < 1.29 is 9.79 Å². The van der Waals surface area contributed by atoms with Crippen molar-refractivity contribution in [3.05, 3.63) is 0 Å². The van der Waals surface area contributed by atoms with E-state index in [0.29, 0.717) is 0 Å². The second kappa shape index (κ2) is 16.2. The Labute approximate surface area is 46.5 Å². The Bertz CT molecular complexity index is 17.2. The van der Waals surface area contributed by atoms with E-state index in [0.717, 1.165) is 0 Å². The summed E-state index contributed by atoms with van der Waals surface area (Å²) in [6.45, 7) is 4.36. The van der Waals surface area contributed by atoms with Crippen LogP contribution in [0.15, 0.2) is 0 Å². The van der Waals surface area contributed by atoms with Crippen LogP contribution in [0.2, 0.25) is 0 Å². The van der Waals surface area contributed by atoms with Gasteiger partial charge in [0.25, 0.3) is 0 Å². The summed E-state index contributed by atoms with van der Waals surface area (Å²) >= 11 is 0.